The predicted octanol–water partition coefficient (Wildman–Crippen LogP) is 2.26. The van der Waals surface area contributed by atoms with Crippen LogP contribution in [0, 0.1) is 5.92 Å². The van der Waals surface area contributed by atoms with E-state index in [-0.39, 0.29) is 5.91 Å². The molecule has 1 aliphatic rings. The van der Waals surface area contributed by atoms with Crippen LogP contribution in [-0.4, -0.2) is 35.3 Å². The van der Waals surface area contributed by atoms with Crippen molar-refractivity contribution in [2.75, 3.05) is 19.6 Å². The third kappa shape index (κ3) is 3.67. The molecule has 2 N–H and O–H groups in total. The van der Waals surface area contributed by atoms with Gasteiger partial charge in [-0.15, -0.1) is 0 Å². The van der Waals surface area contributed by atoms with Gasteiger partial charge in [0.2, 0.25) is 0 Å². The molecule has 0 radical (unpaired) electrons. The van der Waals surface area contributed by atoms with Crippen LogP contribution in [0.15, 0.2) is 36.7 Å². The first kappa shape index (κ1) is 15.1. The molecule has 1 atom stereocenters. The summed E-state index contributed by atoms with van der Waals surface area (Å²) >= 11 is 5.87. The summed E-state index contributed by atoms with van der Waals surface area (Å²) in [5, 5.41) is 11.2. The maximum absolute atomic E-state index is 12.2. The predicted molar refractivity (Wildman–Crippen MR) is 86.5 cm³/mol. The normalized spacial score (nSPS) is 18.1. The minimum atomic E-state index is -0.0780. The molecule has 22 heavy (non-hydrogen) atoms. The fourth-order valence-corrected chi connectivity index (χ4v) is 2.74. The van der Waals surface area contributed by atoms with Crippen LogP contribution in [-0.2, 0) is 0 Å². The summed E-state index contributed by atoms with van der Waals surface area (Å²) in [5.74, 6) is 0.440. The molecule has 116 valence electrons. The third-order valence-corrected chi connectivity index (χ3v) is 4.14. The van der Waals surface area contributed by atoms with Crippen LogP contribution in [0.2, 0.25) is 5.02 Å². The minimum absolute atomic E-state index is 0.0780. The van der Waals surface area contributed by atoms with E-state index >= 15 is 0 Å². The summed E-state index contributed by atoms with van der Waals surface area (Å²) in [6, 6.07) is 7.33. The monoisotopic (exact) mass is 318 g/mol. The maximum atomic E-state index is 12.2. The average Bonchev–Trinajstić information content (AvgIpc) is 3.04. The number of hydrogen-bond acceptors (Lipinski definition) is 3. The van der Waals surface area contributed by atoms with Crippen molar-refractivity contribution >= 4 is 17.5 Å². The van der Waals surface area contributed by atoms with Crippen LogP contribution in [0.5, 0.6) is 0 Å². The number of carbonyl (C=O) groups is 1. The number of amides is 1. The number of nitrogens with one attached hydrogen (secondary N) is 2. The Morgan fingerprint density at radius 2 is 2.23 bits per heavy atom. The van der Waals surface area contributed by atoms with Crippen LogP contribution in [0.1, 0.15) is 23.2 Å². The van der Waals surface area contributed by atoms with Crippen molar-refractivity contribution in [1.29, 1.82) is 0 Å². The quantitative estimate of drug-likeness (QED) is 0.909. The Morgan fingerprint density at radius 1 is 1.41 bits per heavy atom. The van der Waals surface area contributed by atoms with E-state index in [1.807, 2.05) is 12.1 Å². The second-order valence-corrected chi connectivity index (χ2v) is 6.01. The van der Waals surface area contributed by atoms with Crippen molar-refractivity contribution in [2.24, 2.45) is 5.92 Å². The summed E-state index contributed by atoms with van der Waals surface area (Å²) in [5.41, 5.74) is 1.44. The lowest BCUT2D eigenvalue weighted by molar-refractivity contribution is 0.0945. The Kier molecular flexibility index (Phi) is 4.75. The molecule has 0 aliphatic carbocycles. The van der Waals surface area contributed by atoms with E-state index in [0.717, 1.165) is 25.2 Å². The van der Waals surface area contributed by atoms with Gasteiger partial charge in [0.05, 0.1) is 17.4 Å². The number of halogens is 1. The van der Waals surface area contributed by atoms with Crippen molar-refractivity contribution in [2.45, 2.75) is 12.8 Å². The molecule has 2 aromatic rings. The first-order chi connectivity index (χ1) is 10.7. The molecule has 5 nitrogen and oxygen atoms in total. The Morgan fingerprint density at radius 3 is 2.95 bits per heavy atom. The topological polar surface area (TPSA) is 59.0 Å². The lowest BCUT2D eigenvalue weighted by Gasteiger charge is -2.22. The zero-order chi connectivity index (χ0) is 15.4. The summed E-state index contributed by atoms with van der Waals surface area (Å²) in [6.45, 7) is 2.76. The molecule has 1 unspecified atom stereocenters. The molecule has 2 heterocycles. The smallest absolute Gasteiger partial charge is 0.254 e. The molecule has 6 heteroatoms. The van der Waals surface area contributed by atoms with Crippen LogP contribution in [0.3, 0.4) is 0 Å². The molecule has 0 saturated carbocycles. The molecule has 1 aliphatic heterocycles. The highest BCUT2D eigenvalue weighted by Crippen LogP contribution is 2.13. The highest BCUT2D eigenvalue weighted by atomic mass is 35.5. The number of aromatic nitrogens is 2. The van der Waals surface area contributed by atoms with Gasteiger partial charge in [0.15, 0.2) is 0 Å². The summed E-state index contributed by atoms with van der Waals surface area (Å²) in [4.78, 5) is 12.2. The summed E-state index contributed by atoms with van der Waals surface area (Å²) in [6.07, 6.45) is 5.66. The number of benzene rings is 1. The summed E-state index contributed by atoms with van der Waals surface area (Å²) in [7, 11) is 0. The highest BCUT2D eigenvalue weighted by molar-refractivity contribution is 6.30. The van der Waals surface area contributed by atoms with Crippen molar-refractivity contribution < 1.29 is 4.79 Å². The molecule has 1 amide bonds. The first-order valence-corrected chi connectivity index (χ1v) is 7.90. The van der Waals surface area contributed by atoms with Crippen LogP contribution < -0.4 is 10.6 Å². The zero-order valence-electron chi connectivity index (χ0n) is 12.3. The number of rotatable bonds is 4. The van der Waals surface area contributed by atoms with E-state index in [1.54, 1.807) is 29.2 Å². The van der Waals surface area contributed by atoms with Gasteiger partial charge in [-0.05, 0) is 56.1 Å². The lowest BCUT2D eigenvalue weighted by atomic mass is 10.00. The largest absolute Gasteiger partial charge is 0.352 e. The molecule has 1 aromatic carbocycles. The van der Waals surface area contributed by atoms with Gasteiger partial charge >= 0.3 is 0 Å². The second kappa shape index (κ2) is 6.94. The maximum Gasteiger partial charge on any atom is 0.254 e. The number of carbonyl (C=O) groups excluding carboxylic acids is 1. The van der Waals surface area contributed by atoms with Crippen LogP contribution >= 0.6 is 11.6 Å². The Balaban J connectivity index is 1.60. The van der Waals surface area contributed by atoms with E-state index in [4.69, 9.17) is 11.6 Å². The molecule has 3 rings (SSSR count). The lowest BCUT2D eigenvalue weighted by Crippen LogP contribution is -2.38. The van der Waals surface area contributed by atoms with Gasteiger partial charge in [-0.25, -0.2) is 4.68 Å². The summed E-state index contributed by atoms with van der Waals surface area (Å²) < 4.78 is 1.67. The second-order valence-electron chi connectivity index (χ2n) is 5.57. The first-order valence-electron chi connectivity index (χ1n) is 7.52. The zero-order valence-corrected chi connectivity index (χ0v) is 13.0. The van der Waals surface area contributed by atoms with E-state index in [2.05, 4.69) is 15.7 Å². The van der Waals surface area contributed by atoms with E-state index in [9.17, 15) is 4.79 Å². The number of piperidine rings is 1. The van der Waals surface area contributed by atoms with Gasteiger partial charge in [-0.3, -0.25) is 4.79 Å². The SMILES string of the molecule is O=C(NCC1CCCNC1)c1cnn(-c2ccc(Cl)cc2)c1. The van der Waals surface area contributed by atoms with Crippen LogP contribution in [0.4, 0.5) is 0 Å². The van der Waals surface area contributed by atoms with Gasteiger partial charge in [0.1, 0.15) is 0 Å². The van der Waals surface area contributed by atoms with Gasteiger partial charge in [0.25, 0.3) is 5.91 Å². The van der Waals surface area contributed by atoms with Crippen molar-refractivity contribution in [3.05, 3.63) is 47.2 Å². The number of hydrogen-bond donors (Lipinski definition) is 2. The molecule has 1 aromatic heterocycles. The molecule has 0 bridgehead atoms. The molecule has 1 saturated heterocycles. The Bertz CT molecular complexity index is 632. The van der Waals surface area contributed by atoms with Gasteiger partial charge in [-0.2, -0.15) is 5.10 Å². The number of nitrogens with zero attached hydrogens (tertiary/aromatic N) is 2. The standard InChI is InChI=1S/C16H19ClN4O/c17-14-3-5-15(6-4-14)21-11-13(10-20-21)16(22)19-9-12-2-1-7-18-8-12/h3-6,10-12,18H,1-2,7-9H2,(H,19,22). The highest BCUT2D eigenvalue weighted by Gasteiger charge is 2.15. The van der Waals surface area contributed by atoms with Crippen molar-refractivity contribution in [3.8, 4) is 5.69 Å². The molecular weight excluding hydrogens is 300 g/mol. The fourth-order valence-electron chi connectivity index (χ4n) is 2.61. The minimum Gasteiger partial charge on any atom is -0.352 e. The van der Waals surface area contributed by atoms with Gasteiger partial charge < -0.3 is 10.6 Å². The molecular formula is C16H19ClN4O. The van der Waals surface area contributed by atoms with Gasteiger partial charge in [0, 0.05) is 17.8 Å². The third-order valence-electron chi connectivity index (χ3n) is 3.89. The van der Waals surface area contributed by atoms with Crippen molar-refractivity contribution in [3.63, 3.8) is 0 Å². The van der Waals surface area contributed by atoms with E-state index in [1.165, 1.54) is 6.42 Å². The van der Waals surface area contributed by atoms with Crippen LogP contribution in [0.25, 0.3) is 5.69 Å². The van der Waals surface area contributed by atoms with Gasteiger partial charge in [-0.1, -0.05) is 11.6 Å². The molecule has 0 spiro atoms. The van der Waals surface area contributed by atoms with E-state index in [0.29, 0.717) is 23.0 Å². The fraction of sp³-hybridized carbons (Fsp3) is 0.375. The molecule has 1 fully saturated rings. The Labute approximate surface area is 134 Å². The Hall–Kier alpha value is -1.85. The van der Waals surface area contributed by atoms with E-state index < -0.39 is 0 Å². The van der Waals surface area contributed by atoms with Crippen molar-refractivity contribution in [1.82, 2.24) is 20.4 Å². The average molecular weight is 319 g/mol.